The van der Waals surface area contributed by atoms with Gasteiger partial charge < -0.3 is 9.64 Å². The van der Waals surface area contributed by atoms with Crippen molar-refractivity contribution in [2.45, 2.75) is 19.3 Å². The van der Waals surface area contributed by atoms with Gasteiger partial charge in [0.2, 0.25) is 0 Å². The molecular formula is C17H23NO2. The first-order valence-corrected chi connectivity index (χ1v) is 7.13. The lowest BCUT2D eigenvalue weighted by molar-refractivity contribution is -0.120. The number of carbonyl (C=O) groups is 1. The van der Waals surface area contributed by atoms with E-state index in [1.807, 2.05) is 44.4 Å². The predicted molar refractivity (Wildman–Crippen MR) is 81.9 cm³/mol. The van der Waals surface area contributed by atoms with E-state index in [9.17, 15) is 4.79 Å². The minimum atomic E-state index is 0.156. The maximum Gasteiger partial charge on any atom is 0.163 e. The number of benzene rings is 1. The lowest BCUT2D eigenvalue weighted by Gasteiger charge is -2.25. The highest BCUT2D eigenvalue weighted by Gasteiger charge is 2.26. The van der Waals surface area contributed by atoms with Crippen molar-refractivity contribution < 1.29 is 9.53 Å². The Labute approximate surface area is 121 Å². The standard InChI is InChI=1S/C17H23NO2/c1-18(2)12-15-6-4-5-14(17(15)19)11-13-7-9-16(20-3)10-8-13/h7-11,15H,4-6,12H2,1-3H3/b14-11-/t15-/m1/s1. The quantitative estimate of drug-likeness (QED) is 0.790. The number of allylic oxidation sites excluding steroid dienone is 1. The van der Waals surface area contributed by atoms with Gasteiger partial charge in [-0.3, -0.25) is 4.79 Å². The van der Waals surface area contributed by atoms with Gasteiger partial charge in [0, 0.05) is 12.5 Å². The fourth-order valence-corrected chi connectivity index (χ4v) is 2.71. The smallest absolute Gasteiger partial charge is 0.163 e. The van der Waals surface area contributed by atoms with E-state index in [1.165, 1.54) is 0 Å². The van der Waals surface area contributed by atoms with E-state index < -0.39 is 0 Å². The number of nitrogens with zero attached hydrogens (tertiary/aromatic N) is 1. The Kier molecular flexibility index (Phi) is 4.96. The maximum atomic E-state index is 12.5. The summed E-state index contributed by atoms with van der Waals surface area (Å²) in [5, 5.41) is 0. The van der Waals surface area contributed by atoms with Crippen molar-refractivity contribution >= 4 is 11.9 Å². The number of hydrogen-bond acceptors (Lipinski definition) is 3. The molecule has 3 heteroatoms. The molecule has 1 atom stereocenters. The number of ketones is 1. The molecule has 0 aliphatic heterocycles. The molecule has 20 heavy (non-hydrogen) atoms. The molecule has 1 aliphatic carbocycles. The first-order valence-electron chi connectivity index (χ1n) is 7.13. The van der Waals surface area contributed by atoms with Gasteiger partial charge in [-0.15, -0.1) is 0 Å². The van der Waals surface area contributed by atoms with Gasteiger partial charge in [-0.05, 0) is 62.7 Å². The Morgan fingerprint density at radius 3 is 2.60 bits per heavy atom. The highest BCUT2D eigenvalue weighted by molar-refractivity contribution is 6.01. The largest absolute Gasteiger partial charge is 0.497 e. The molecule has 0 saturated heterocycles. The molecule has 2 rings (SSSR count). The Bertz CT molecular complexity index is 488. The number of carbonyl (C=O) groups excluding carboxylic acids is 1. The average Bonchev–Trinajstić information content (AvgIpc) is 2.43. The fourth-order valence-electron chi connectivity index (χ4n) is 2.71. The number of rotatable bonds is 4. The van der Waals surface area contributed by atoms with E-state index in [0.717, 1.165) is 42.7 Å². The third-order valence-corrected chi connectivity index (χ3v) is 3.73. The maximum absolute atomic E-state index is 12.5. The summed E-state index contributed by atoms with van der Waals surface area (Å²) in [6.07, 6.45) is 5.04. The third kappa shape index (κ3) is 3.70. The van der Waals surface area contributed by atoms with Crippen molar-refractivity contribution in [1.29, 1.82) is 0 Å². The van der Waals surface area contributed by atoms with Crippen LogP contribution >= 0.6 is 0 Å². The van der Waals surface area contributed by atoms with Crippen LogP contribution in [0.2, 0.25) is 0 Å². The zero-order valence-corrected chi connectivity index (χ0v) is 12.6. The summed E-state index contributed by atoms with van der Waals surface area (Å²) in [6.45, 7) is 0.846. The summed E-state index contributed by atoms with van der Waals surface area (Å²) >= 11 is 0. The molecule has 0 aromatic heterocycles. The lowest BCUT2D eigenvalue weighted by Crippen LogP contribution is -2.31. The second-order valence-corrected chi connectivity index (χ2v) is 5.66. The van der Waals surface area contributed by atoms with Crippen molar-refractivity contribution in [3.05, 3.63) is 35.4 Å². The van der Waals surface area contributed by atoms with Gasteiger partial charge in [0.1, 0.15) is 5.75 Å². The molecule has 1 aliphatic rings. The van der Waals surface area contributed by atoms with Crippen LogP contribution in [0.5, 0.6) is 5.75 Å². The molecule has 0 bridgehead atoms. The summed E-state index contributed by atoms with van der Waals surface area (Å²) in [5.74, 6) is 1.32. The SMILES string of the molecule is COc1ccc(/C=C2/CCC[C@H](CN(C)C)C2=O)cc1. The number of ether oxygens (including phenoxy) is 1. The summed E-state index contributed by atoms with van der Waals surface area (Å²) in [7, 11) is 5.70. The van der Waals surface area contributed by atoms with Crippen LogP contribution < -0.4 is 4.74 Å². The van der Waals surface area contributed by atoms with Crippen LogP contribution in [0, 0.1) is 5.92 Å². The minimum absolute atomic E-state index is 0.156. The van der Waals surface area contributed by atoms with E-state index in [-0.39, 0.29) is 5.92 Å². The van der Waals surface area contributed by atoms with Gasteiger partial charge in [-0.2, -0.15) is 0 Å². The Hall–Kier alpha value is -1.61. The van der Waals surface area contributed by atoms with Crippen molar-refractivity contribution in [3.8, 4) is 5.75 Å². The van der Waals surface area contributed by atoms with Crippen LogP contribution in [-0.4, -0.2) is 38.4 Å². The summed E-state index contributed by atoms with van der Waals surface area (Å²) in [6, 6.07) is 7.84. The molecule has 0 unspecified atom stereocenters. The number of hydrogen-bond donors (Lipinski definition) is 0. The minimum Gasteiger partial charge on any atom is -0.497 e. The van der Waals surface area contributed by atoms with E-state index in [1.54, 1.807) is 7.11 Å². The van der Waals surface area contributed by atoms with E-state index in [2.05, 4.69) is 4.90 Å². The van der Waals surface area contributed by atoms with Gasteiger partial charge in [0.25, 0.3) is 0 Å². The lowest BCUT2D eigenvalue weighted by atomic mass is 9.83. The predicted octanol–water partition coefficient (Wildman–Crippen LogP) is 3.01. The van der Waals surface area contributed by atoms with Crippen molar-refractivity contribution in [1.82, 2.24) is 4.90 Å². The van der Waals surface area contributed by atoms with Crippen molar-refractivity contribution in [2.24, 2.45) is 5.92 Å². The molecule has 0 N–H and O–H groups in total. The van der Waals surface area contributed by atoms with E-state index in [4.69, 9.17) is 4.74 Å². The Morgan fingerprint density at radius 1 is 1.30 bits per heavy atom. The topological polar surface area (TPSA) is 29.5 Å². The normalized spacial score (nSPS) is 21.5. The number of methoxy groups -OCH3 is 1. The molecule has 1 aromatic carbocycles. The van der Waals surface area contributed by atoms with Crippen LogP contribution in [-0.2, 0) is 4.79 Å². The molecule has 108 valence electrons. The fraction of sp³-hybridized carbons (Fsp3) is 0.471. The Balaban J connectivity index is 2.13. The summed E-state index contributed by atoms with van der Waals surface area (Å²) in [4.78, 5) is 14.6. The molecule has 1 fully saturated rings. The summed E-state index contributed by atoms with van der Waals surface area (Å²) < 4.78 is 5.15. The molecule has 0 spiro atoms. The van der Waals surface area contributed by atoms with Crippen LogP contribution in [0.4, 0.5) is 0 Å². The van der Waals surface area contributed by atoms with Gasteiger partial charge in [-0.25, -0.2) is 0 Å². The molecule has 0 amide bonds. The van der Waals surface area contributed by atoms with E-state index >= 15 is 0 Å². The van der Waals surface area contributed by atoms with Crippen LogP contribution in [0.3, 0.4) is 0 Å². The first kappa shape index (κ1) is 14.8. The van der Waals surface area contributed by atoms with E-state index in [0.29, 0.717) is 5.78 Å². The second kappa shape index (κ2) is 6.71. The van der Waals surface area contributed by atoms with Gasteiger partial charge in [0.15, 0.2) is 5.78 Å². The highest BCUT2D eigenvalue weighted by Crippen LogP contribution is 2.27. The Morgan fingerprint density at radius 2 is 2.00 bits per heavy atom. The van der Waals surface area contributed by atoms with Crippen LogP contribution in [0.25, 0.3) is 6.08 Å². The zero-order valence-electron chi connectivity index (χ0n) is 12.6. The molecule has 3 nitrogen and oxygen atoms in total. The monoisotopic (exact) mass is 273 g/mol. The molecular weight excluding hydrogens is 250 g/mol. The highest BCUT2D eigenvalue weighted by atomic mass is 16.5. The van der Waals surface area contributed by atoms with Gasteiger partial charge in [0.05, 0.1) is 7.11 Å². The van der Waals surface area contributed by atoms with Crippen molar-refractivity contribution in [3.63, 3.8) is 0 Å². The van der Waals surface area contributed by atoms with Gasteiger partial charge in [-0.1, -0.05) is 12.1 Å². The molecule has 1 aromatic rings. The zero-order chi connectivity index (χ0) is 14.5. The first-order chi connectivity index (χ1) is 9.60. The van der Waals surface area contributed by atoms with Crippen LogP contribution in [0.1, 0.15) is 24.8 Å². The summed E-state index contributed by atoms with van der Waals surface area (Å²) in [5.41, 5.74) is 2.04. The number of Topliss-reactive ketones (excluding diaryl/α,β-unsaturated/α-hetero) is 1. The third-order valence-electron chi connectivity index (χ3n) is 3.73. The molecule has 0 heterocycles. The van der Waals surface area contributed by atoms with Crippen LogP contribution in [0.15, 0.2) is 29.8 Å². The molecule has 1 saturated carbocycles. The molecule has 0 radical (unpaired) electrons. The van der Waals surface area contributed by atoms with Gasteiger partial charge >= 0.3 is 0 Å². The second-order valence-electron chi connectivity index (χ2n) is 5.66. The average molecular weight is 273 g/mol. The van der Waals surface area contributed by atoms with Crippen molar-refractivity contribution in [2.75, 3.05) is 27.7 Å².